The molecule has 0 fully saturated rings. The lowest BCUT2D eigenvalue weighted by atomic mass is 10.1. The van der Waals surface area contributed by atoms with Crippen LogP contribution in [0.2, 0.25) is 0 Å². The third kappa shape index (κ3) is 2.80. The monoisotopic (exact) mass is 147 g/mol. The van der Waals surface area contributed by atoms with Crippen LogP contribution in [0.5, 0.6) is 0 Å². The van der Waals surface area contributed by atoms with Gasteiger partial charge in [0.1, 0.15) is 5.54 Å². The van der Waals surface area contributed by atoms with Crippen LogP contribution >= 0.6 is 0 Å². The van der Waals surface area contributed by atoms with Gasteiger partial charge in [-0.15, -0.1) is 0 Å². The van der Waals surface area contributed by atoms with Crippen LogP contribution < -0.4 is 5.73 Å². The fourth-order valence-corrected chi connectivity index (χ4v) is 0.376. The summed E-state index contributed by atoms with van der Waals surface area (Å²) in [6, 6.07) is 0. The van der Waals surface area contributed by atoms with E-state index in [1.807, 2.05) is 0 Å². The van der Waals surface area contributed by atoms with Crippen LogP contribution in [-0.4, -0.2) is 29.8 Å². The molecule has 4 nitrogen and oxygen atoms in total. The van der Waals surface area contributed by atoms with Crippen molar-refractivity contribution in [3.63, 3.8) is 0 Å². The number of hydrogen-bond acceptors (Lipinski definition) is 3. The molecular formula is C6H13NO3. The van der Waals surface area contributed by atoms with Gasteiger partial charge in [-0.2, -0.15) is 0 Å². The maximum Gasteiger partial charge on any atom is 0.325 e. The van der Waals surface area contributed by atoms with Crippen LogP contribution in [0.4, 0.5) is 0 Å². The molecule has 0 aromatic rings. The van der Waals surface area contributed by atoms with E-state index < -0.39 is 11.5 Å². The van der Waals surface area contributed by atoms with Crippen LogP contribution in [-0.2, 0) is 9.53 Å². The quantitative estimate of drug-likeness (QED) is 0.578. The molecule has 0 aliphatic carbocycles. The Balaban J connectivity index is 3.75. The highest BCUT2D eigenvalue weighted by molar-refractivity contribution is 5.77. The molecule has 0 heterocycles. The Morgan fingerprint density at radius 1 is 1.80 bits per heavy atom. The normalized spacial score (nSPS) is 16.3. The molecule has 0 amide bonds. The number of carboxylic acid groups (broad SMARTS) is 1. The summed E-state index contributed by atoms with van der Waals surface area (Å²) < 4.78 is 4.85. The Bertz CT molecular complexity index is 122. The number of ether oxygens (including phenoxy) is 1. The van der Waals surface area contributed by atoms with Gasteiger partial charge in [0.25, 0.3) is 0 Å². The van der Waals surface area contributed by atoms with Crippen molar-refractivity contribution in [2.75, 3.05) is 13.2 Å². The predicted molar refractivity (Wildman–Crippen MR) is 36.7 cm³/mol. The van der Waals surface area contributed by atoms with E-state index in [1.54, 1.807) is 6.92 Å². The van der Waals surface area contributed by atoms with Crippen molar-refractivity contribution in [3.8, 4) is 0 Å². The largest absolute Gasteiger partial charge is 0.480 e. The molecule has 4 heteroatoms. The molecule has 1 atom stereocenters. The molecule has 0 saturated heterocycles. The van der Waals surface area contributed by atoms with Gasteiger partial charge in [-0.25, -0.2) is 0 Å². The standard InChI is InChI=1S/C6H13NO3/c1-3-10-4-6(2,7)5(8)9/h3-4,7H2,1-2H3,(H,8,9). The Labute approximate surface area is 60.0 Å². The van der Waals surface area contributed by atoms with E-state index in [1.165, 1.54) is 6.92 Å². The van der Waals surface area contributed by atoms with Crippen LogP contribution in [0.25, 0.3) is 0 Å². The number of rotatable bonds is 4. The number of hydrogen-bond donors (Lipinski definition) is 2. The van der Waals surface area contributed by atoms with E-state index >= 15 is 0 Å². The lowest BCUT2D eigenvalue weighted by Gasteiger charge is -2.17. The van der Waals surface area contributed by atoms with Crippen molar-refractivity contribution in [1.82, 2.24) is 0 Å². The van der Waals surface area contributed by atoms with Gasteiger partial charge >= 0.3 is 5.97 Å². The van der Waals surface area contributed by atoms with Crippen molar-refractivity contribution in [1.29, 1.82) is 0 Å². The van der Waals surface area contributed by atoms with Gasteiger partial charge in [0.2, 0.25) is 0 Å². The molecule has 60 valence electrons. The van der Waals surface area contributed by atoms with Crippen LogP contribution in [0, 0.1) is 0 Å². The number of carbonyl (C=O) groups is 1. The number of nitrogens with two attached hydrogens (primary N) is 1. The highest BCUT2D eigenvalue weighted by atomic mass is 16.5. The van der Waals surface area contributed by atoms with Crippen molar-refractivity contribution >= 4 is 5.97 Å². The Morgan fingerprint density at radius 3 is 2.60 bits per heavy atom. The molecule has 0 spiro atoms. The highest BCUT2D eigenvalue weighted by Gasteiger charge is 2.27. The zero-order valence-corrected chi connectivity index (χ0v) is 6.26. The third-order valence-electron chi connectivity index (χ3n) is 1.09. The van der Waals surface area contributed by atoms with Crippen LogP contribution in [0.1, 0.15) is 13.8 Å². The van der Waals surface area contributed by atoms with Gasteiger partial charge in [0.05, 0.1) is 6.61 Å². The Kier molecular flexibility index (Phi) is 3.32. The molecular weight excluding hydrogens is 134 g/mol. The first-order valence-electron chi connectivity index (χ1n) is 3.10. The third-order valence-corrected chi connectivity index (χ3v) is 1.09. The van der Waals surface area contributed by atoms with Gasteiger partial charge in [-0.3, -0.25) is 4.79 Å². The summed E-state index contributed by atoms with van der Waals surface area (Å²) >= 11 is 0. The Hall–Kier alpha value is -0.610. The lowest BCUT2D eigenvalue weighted by molar-refractivity contribution is -0.144. The fraction of sp³-hybridized carbons (Fsp3) is 0.833. The summed E-state index contributed by atoms with van der Waals surface area (Å²) in [5.74, 6) is -1.04. The van der Waals surface area contributed by atoms with E-state index in [9.17, 15) is 4.79 Å². The summed E-state index contributed by atoms with van der Waals surface area (Å²) in [7, 11) is 0. The van der Waals surface area contributed by atoms with E-state index in [2.05, 4.69) is 0 Å². The minimum absolute atomic E-state index is 0.0544. The Morgan fingerprint density at radius 2 is 2.30 bits per heavy atom. The zero-order chi connectivity index (χ0) is 8.20. The topological polar surface area (TPSA) is 72.5 Å². The smallest absolute Gasteiger partial charge is 0.325 e. The van der Waals surface area contributed by atoms with Crippen LogP contribution in [0.15, 0.2) is 0 Å². The first kappa shape index (κ1) is 9.39. The minimum atomic E-state index is -1.25. The number of carboxylic acids is 1. The van der Waals surface area contributed by atoms with Crippen LogP contribution in [0.3, 0.4) is 0 Å². The molecule has 0 aliphatic heterocycles. The van der Waals surface area contributed by atoms with E-state index in [-0.39, 0.29) is 6.61 Å². The second kappa shape index (κ2) is 3.53. The van der Waals surface area contributed by atoms with Gasteiger partial charge in [-0.05, 0) is 13.8 Å². The van der Waals surface area contributed by atoms with E-state index in [4.69, 9.17) is 15.6 Å². The van der Waals surface area contributed by atoms with Gasteiger partial charge in [0, 0.05) is 6.61 Å². The molecule has 0 aromatic heterocycles. The molecule has 0 aromatic carbocycles. The fourth-order valence-electron chi connectivity index (χ4n) is 0.376. The second-order valence-electron chi connectivity index (χ2n) is 2.36. The SMILES string of the molecule is CCOCC(C)(N)C(=O)O. The summed E-state index contributed by atoms with van der Waals surface area (Å²) in [6.45, 7) is 3.75. The summed E-state index contributed by atoms with van der Waals surface area (Å²) in [6.07, 6.45) is 0. The molecule has 10 heavy (non-hydrogen) atoms. The van der Waals surface area contributed by atoms with Gasteiger partial charge in [-0.1, -0.05) is 0 Å². The predicted octanol–water partition coefficient (Wildman–Crippen LogP) is -0.175. The minimum Gasteiger partial charge on any atom is -0.480 e. The average Bonchev–Trinajstić information content (AvgIpc) is 1.84. The summed E-state index contributed by atoms with van der Waals surface area (Å²) in [5.41, 5.74) is 4.07. The molecule has 0 radical (unpaired) electrons. The van der Waals surface area contributed by atoms with Gasteiger partial charge in [0.15, 0.2) is 0 Å². The van der Waals surface area contributed by atoms with E-state index in [0.717, 1.165) is 0 Å². The maximum absolute atomic E-state index is 10.3. The maximum atomic E-state index is 10.3. The summed E-state index contributed by atoms with van der Waals surface area (Å²) in [4.78, 5) is 10.3. The first-order valence-corrected chi connectivity index (χ1v) is 3.10. The van der Waals surface area contributed by atoms with E-state index in [0.29, 0.717) is 6.61 Å². The summed E-state index contributed by atoms with van der Waals surface area (Å²) in [5, 5.41) is 8.46. The number of aliphatic carboxylic acids is 1. The molecule has 3 N–H and O–H groups in total. The van der Waals surface area contributed by atoms with Crippen molar-refractivity contribution in [2.45, 2.75) is 19.4 Å². The lowest BCUT2D eigenvalue weighted by Crippen LogP contribution is -2.49. The van der Waals surface area contributed by atoms with Crippen molar-refractivity contribution in [3.05, 3.63) is 0 Å². The molecule has 0 bridgehead atoms. The van der Waals surface area contributed by atoms with Gasteiger partial charge < -0.3 is 15.6 Å². The molecule has 1 unspecified atom stereocenters. The average molecular weight is 147 g/mol. The zero-order valence-electron chi connectivity index (χ0n) is 6.26. The second-order valence-corrected chi connectivity index (χ2v) is 2.36. The molecule has 0 saturated carbocycles. The first-order chi connectivity index (χ1) is 4.50. The highest BCUT2D eigenvalue weighted by Crippen LogP contribution is 1.98. The van der Waals surface area contributed by atoms with Crippen molar-refractivity contribution in [2.24, 2.45) is 5.73 Å². The molecule has 0 aliphatic rings. The molecule has 0 rings (SSSR count). The van der Waals surface area contributed by atoms with Crippen molar-refractivity contribution < 1.29 is 14.6 Å².